The van der Waals surface area contributed by atoms with Gasteiger partial charge < -0.3 is 10.6 Å². The summed E-state index contributed by atoms with van der Waals surface area (Å²) in [5.41, 5.74) is 5.50. The van der Waals surface area contributed by atoms with Crippen molar-refractivity contribution in [2.45, 2.75) is 33.1 Å². The van der Waals surface area contributed by atoms with E-state index in [1.807, 2.05) is 11.9 Å². The minimum absolute atomic E-state index is 0.219. The van der Waals surface area contributed by atoms with Crippen LogP contribution < -0.4 is 5.73 Å². The van der Waals surface area contributed by atoms with Crippen LogP contribution in [-0.4, -0.2) is 30.9 Å². The van der Waals surface area contributed by atoms with Gasteiger partial charge in [-0.15, -0.1) is 0 Å². The molecule has 0 aromatic rings. The Morgan fingerprint density at radius 2 is 2.14 bits per heavy atom. The van der Waals surface area contributed by atoms with Crippen LogP contribution in [-0.2, 0) is 4.79 Å². The highest BCUT2D eigenvalue weighted by molar-refractivity contribution is 5.83. The summed E-state index contributed by atoms with van der Waals surface area (Å²) < 4.78 is 0. The average molecular weight is 198 g/mol. The van der Waals surface area contributed by atoms with Gasteiger partial charge in [0, 0.05) is 20.1 Å². The van der Waals surface area contributed by atoms with Gasteiger partial charge >= 0.3 is 0 Å². The lowest BCUT2D eigenvalue weighted by Gasteiger charge is -2.46. The van der Waals surface area contributed by atoms with Crippen LogP contribution in [0.15, 0.2) is 0 Å². The van der Waals surface area contributed by atoms with E-state index in [1.165, 1.54) is 0 Å². The standard InChI is InChI=1S/C11H22N2O/c1-4-5-13(3)10(14)11(8-12)6-9(2)7-11/h9H,4-8,12H2,1-3H3. The number of nitrogens with two attached hydrogens (primary N) is 1. The highest BCUT2D eigenvalue weighted by Crippen LogP contribution is 2.45. The van der Waals surface area contributed by atoms with Crippen molar-refractivity contribution in [3.05, 3.63) is 0 Å². The molecule has 1 aliphatic carbocycles. The lowest BCUT2D eigenvalue weighted by atomic mass is 9.62. The molecule has 0 aromatic carbocycles. The molecule has 1 rings (SSSR count). The van der Waals surface area contributed by atoms with Crippen LogP contribution in [0, 0.1) is 11.3 Å². The molecule has 2 N–H and O–H groups in total. The molecule has 0 heterocycles. The van der Waals surface area contributed by atoms with E-state index in [0.29, 0.717) is 12.5 Å². The molecule has 0 saturated heterocycles. The molecule has 1 amide bonds. The number of hydrogen-bond donors (Lipinski definition) is 1. The first kappa shape index (κ1) is 11.5. The lowest BCUT2D eigenvalue weighted by Crippen LogP contribution is -2.53. The molecule has 0 aliphatic heterocycles. The molecule has 1 aliphatic rings. The minimum Gasteiger partial charge on any atom is -0.345 e. The Morgan fingerprint density at radius 3 is 2.50 bits per heavy atom. The normalized spacial score (nSPS) is 31.0. The largest absolute Gasteiger partial charge is 0.345 e. The maximum absolute atomic E-state index is 12.1. The first-order valence-corrected chi connectivity index (χ1v) is 5.51. The number of amides is 1. The van der Waals surface area contributed by atoms with Crippen LogP contribution in [0.2, 0.25) is 0 Å². The SMILES string of the molecule is CCCN(C)C(=O)C1(CN)CC(C)C1. The van der Waals surface area contributed by atoms with E-state index in [0.717, 1.165) is 25.8 Å². The van der Waals surface area contributed by atoms with Crippen molar-refractivity contribution in [2.75, 3.05) is 20.1 Å². The van der Waals surface area contributed by atoms with Crippen LogP contribution in [0.5, 0.6) is 0 Å². The summed E-state index contributed by atoms with van der Waals surface area (Å²) in [4.78, 5) is 13.9. The number of carbonyl (C=O) groups excluding carboxylic acids is 1. The van der Waals surface area contributed by atoms with E-state index in [-0.39, 0.29) is 11.3 Å². The van der Waals surface area contributed by atoms with E-state index in [2.05, 4.69) is 13.8 Å². The molecule has 14 heavy (non-hydrogen) atoms. The molecule has 0 spiro atoms. The molecule has 0 bridgehead atoms. The van der Waals surface area contributed by atoms with Crippen molar-refractivity contribution in [1.29, 1.82) is 0 Å². The Balaban J connectivity index is 2.57. The van der Waals surface area contributed by atoms with Gasteiger partial charge in [0.15, 0.2) is 0 Å². The summed E-state index contributed by atoms with van der Waals surface area (Å²) in [7, 11) is 1.88. The second-order valence-electron chi connectivity index (χ2n) is 4.72. The molecule has 82 valence electrons. The second-order valence-corrected chi connectivity index (χ2v) is 4.72. The molecule has 0 atom stereocenters. The Bertz CT molecular complexity index is 209. The van der Waals surface area contributed by atoms with Crippen LogP contribution in [0.4, 0.5) is 0 Å². The van der Waals surface area contributed by atoms with Gasteiger partial charge in [-0.05, 0) is 25.2 Å². The second kappa shape index (κ2) is 4.30. The predicted octanol–water partition coefficient (Wildman–Crippen LogP) is 1.23. The van der Waals surface area contributed by atoms with E-state index in [4.69, 9.17) is 5.73 Å². The van der Waals surface area contributed by atoms with E-state index < -0.39 is 0 Å². The van der Waals surface area contributed by atoms with Crippen LogP contribution in [0.3, 0.4) is 0 Å². The third-order valence-electron chi connectivity index (χ3n) is 3.23. The van der Waals surface area contributed by atoms with Crippen LogP contribution >= 0.6 is 0 Å². The molecular weight excluding hydrogens is 176 g/mol. The third-order valence-corrected chi connectivity index (χ3v) is 3.23. The fraction of sp³-hybridized carbons (Fsp3) is 0.909. The zero-order chi connectivity index (χ0) is 10.8. The van der Waals surface area contributed by atoms with Crippen molar-refractivity contribution in [1.82, 2.24) is 4.90 Å². The summed E-state index contributed by atoms with van der Waals surface area (Å²) in [6, 6.07) is 0. The highest BCUT2D eigenvalue weighted by Gasteiger charge is 2.48. The summed E-state index contributed by atoms with van der Waals surface area (Å²) in [6.07, 6.45) is 2.95. The molecular formula is C11H22N2O. The molecule has 3 nitrogen and oxygen atoms in total. The topological polar surface area (TPSA) is 46.3 Å². The first-order valence-electron chi connectivity index (χ1n) is 5.51. The number of rotatable bonds is 4. The van der Waals surface area contributed by atoms with Crippen molar-refractivity contribution >= 4 is 5.91 Å². The Kier molecular flexibility index (Phi) is 3.53. The molecule has 1 fully saturated rings. The highest BCUT2D eigenvalue weighted by atomic mass is 16.2. The van der Waals surface area contributed by atoms with E-state index in [9.17, 15) is 4.79 Å². The fourth-order valence-corrected chi connectivity index (χ4v) is 2.54. The molecule has 1 saturated carbocycles. The maximum Gasteiger partial charge on any atom is 0.229 e. The first-order chi connectivity index (χ1) is 6.55. The summed E-state index contributed by atoms with van der Waals surface area (Å²) in [5.74, 6) is 0.914. The summed E-state index contributed by atoms with van der Waals surface area (Å²) >= 11 is 0. The van der Waals surface area contributed by atoms with Crippen LogP contribution in [0.25, 0.3) is 0 Å². The van der Waals surface area contributed by atoms with Gasteiger partial charge in [-0.2, -0.15) is 0 Å². The fourth-order valence-electron chi connectivity index (χ4n) is 2.54. The predicted molar refractivity (Wildman–Crippen MR) is 57.8 cm³/mol. The van der Waals surface area contributed by atoms with E-state index >= 15 is 0 Å². The number of hydrogen-bond acceptors (Lipinski definition) is 2. The van der Waals surface area contributed by atoms with Gasteiger partial charge in [0.2, 0.25) is 5.91 Å². The zero-order valence-electron chi connectivity index (χ0n) is 9.55. The van der Waals surface area contributed by atoms with Gasteiger partial charge in [0.1, 0.15) is 0 Å². The minimum atomic E-state index is -0.219. The Hall–Kier alpha value is -0.570. The molecule has 0 aromatic heterocycles. The van der Waals surface area contributed by atoms with Crippen molar-refractivity contribution in [2.24, 2.45) is 17.1 Å². The van der Waals surface area contributed by atoms with Crippen molar-refractivity contribution < 1.29 is 4.79 Å². The quantitative estimate of drug-likeness (QED) is 0.738. The Labute approximate surface area is 86.6 Å². The summed E-state index contributed by atoms with van der Waals surface area (Å²) in [6.45, 7) is 5.61. The van der Waals surface area contributed by atoms with Gasteiger partial charge in [-0.25, -0.2) is 0 Å². The van der Waals surface area contributed by atoms with Gasteiger partial charge in [0.25, 0.3) is 0 Å². The number of nitrogens with zero attached hydrogens (tertiary/aromatic N) is 1. The third kappa shape index (κ3) is 1.92. The molecule has 3 heteroatoms. The van der Waals surface area contributed by atoms with Gasteiger partial charge in [-0.3, -0.25) is 4.79 Å². The van der Waals surface area contributed by atoms with Gasteiger partial charge in [0.05, 0.1) is 5.41 Å². The van der Waals surface area contributed by atoms with Crippen LogP contribution in [0.1, 0.15) is 33.1 Å². The zero-order valence-corrected chi connectivity index (χ0v) is 9.55. The smallest absolute Gasteiger partial charge is 0.229 e. The number of carbonyl (C=O) groups is 1. The molecule has 0 unspecified atom stereocenters. The average Bonchev–Trinajstić information content (AvgIpc) is 2.12. The van der Waals surface area contributed by atoms with Gasteiger partial charge in [-0.1, -0.05) is 13.8 Å². The summed E-state index contributed by atoms with van der Waals surface area (Å²) in [5, 5.41) is 0. The van der Waals surface area contributed by atoms with E-state index in [1.54, 1.807) is 0 Å². The Morgan fingerprint density at radius 1 is 1.57 bits per heavy atom. The lowest BCUT2D eigenvalue weighted by molar-refractivity contribution is -0.148. The monoisotopic (exact) mass is 198 g/mol. The van der Waals surface area contributed by atoms with Crippen molar-refractivity contribution in [3.63, 3.8) is 0 Å². The molecule has 0 radical (unpaired) electrons. The van der Waals surface area contributed by atoms with Crippen molar-refractivity contribution in [3.8, 4) is 0 Å². The maximum atomic E-state index is 12.1.